The number of carbonyl (C=O) groups is 1. The van der Waals surface area contributed by atoms with Gasteiger partial charge in [-0.15, -0.1) is 0 Å². The van der Waals surface area contributed by atoms with Crippen molar-refractivity contribution in [2.45, 2.75) is 26.2 Å². The molecule has 5 rings (SSSR count). The Morgan fingerprint density at radius 1 is 1.13 bits per heavy atom. The summed E-state index contributed by atoms with van der Waals surface area (Å²) in [5, 5.41) is 15.4. The maximum Gasteiger partial charge on any atom is 0.255 e. The summed E-state index contributed by atoms with van der Waals surface area (Å²) in [7, 11) is 0. The molecule has 1 aliphatic heterocycles. The monoisotopic (exact) mass is 620 g/mol. The summed E-state index contributed by atoms with van der Waals surface area (Å²) in [4.78, 5) is 26.2. The molecule has 3 N–H and O–H groups in total. The number of hydrogen-bond acceptors (Lipinski definition) is 8. The van der Waals surface area contributed by atoms with Crippen molar-refractivity contribution in [3.63, 3.8) is 0 Å². The summed E-state index contributed by atoms with van der Waals surface area (Å²) >= 11 is -0.570. The van der Waals surface area contributed by atoms with Gasteiger partial charge in [0.05, 0.1) is 17.2 Å². The van der Waals surface area contributed by atoms with Gasteiger partial charge in [0.2, 0.25) is 0 Å². The van der Waals surface area contributed by atoms with E-state index in [2.05, 4.69) is 38.3 Å². The number of carbonyl (C=O) groups excluding carboxylic acids is 1. The standard InChI is InChI=1S/C27H22FIN8O/c1-15-9-16(11-17(10-15)27(2,3)13-30)26(38)35-21-12-18(6-7-20(21)28)34-24-19(5-4-8-31-24)22-23-25(33-14-32-22)37-29-36-23/h4-12,14H,1-3H3,(H,31,34)(H,35,38)(H,32,33,36,37). The summed E-state index contributed by atoms with van der Waals surface area (Å²) in [6.07, 6.45) is 3.11. The highest BCUT2D eigenvalue weighted by atomic mass is 127. The summed E-state index contributed by atoms with van der Waals surface area (Å²) in [6, 6.07) is 15.5. The lowest BCUT2D eigenvalue weighted by atomic mass is 9.84. The second kappa shape index (κ2) is 10.2. The Kier molecular flexibility index (Phi) is 6.81. The van der Waals surface area contributed by atoms with Crippen LogP contribution in [-0.4, -0.2) is 20.9 Å². The molecule has 0 bridgehead atoms. The number of aromatic nitrogens is 3. The van der Waals surface area contributed by atoms with Gasteiger partial charge >= 0.3 is 0 Å². The van der Waals surface area contributed by atoms with Gasteiger partial charge in [-0.25, -0.2) is 19.3 Å². The van der Waals surface area contributed by atoms with E-state index in [4.69, 9.17) is 0 Å². The number of nitriles is 1. The van der Waals surface area contributed by atoms with E-state index in [1.807, 2.05) is 19.1 Å². The highest BCUT2D eigenvalue weighted by Gasteiger charge is 2.22. The number of nitrogens with zero attached hydrogens (tertiary/aromatic N) is 5. The molecule has 9 nitrogen and oxygen atoms in total. The number of rotatable bonds is 6. The van der Waals surface area contributed by atoms with Gasteiger partial charge in [-0.1, -0.05) is 11.6 Å². The molecule has 38 heavy (non-hydrogen) atoms. The van der Waals surface area contributed by atoms with Gasteiger partial charge in [-0.05, 0) is 68.8 Å². The number of nitrogens with one attached hydrogen (secondary N) is 3. The molecule has 2 aromatic heterocycles. The van der Waals surface area contributed by atoms with Gasteiger partial charge in [-0.2, -0.15) is 8.41 Å². The highest BCUT2D eigenvalue weighted by Crippen LogP contribution is 2.43. The molecule has 11 heteroatoms. The lowest BCUT2D eigenvalue weighted by Gasteiger charge is -2.18. The van der Waals surface area contributed by atoms with Crippen LogP contribution in [-0.2, 0) is 5.41 Å². The van der Waals surface area contributed by atoms with Gasteiger partial charge in [-0.3, -0.25) is 4.79 Å². The number of anilines is 4. The van der Waals surface area contributed by atoms with Gasteiger partial charge in [0.15, 0.2) is 5.82 Å². The van der Waals surface area contributed by atoms with Crippen LogP contribution in [0.1, 0.15) is 35.3 Å². The van der Waals surface area contributed by atoms with Crippen molar-refractivity contribution in [2.75, 3.05) is 14.2 Å². The molecular formula is C27H22FIN8O. The Hall–Kier alpha value is -4.31. The first kappa shape index (κ1) is 25.3. The van der Waals surface area contributed by atoms with Crippen molar-refractivity contribution < 1.29 is 9.18 Å². The van der Waals surface area contributed by atoms with Crippen LogP contribution >= 0.6 is 21.3 Å². The lowest BCUT2D eigenvalue weighted by molar-refractivity contribution is 0.102. The smallest absolute Gasteiger partial charge is 0.255 e. The molecule has 0 atom stereocenters. The summed E-state index contributed by atoms with van der Waals surface area (Å²) in [6.45, 7) is 5.42. The van der Waals surface area contributed by atoms with E-state index in [9.17, 15) is 14.4 Å². The summed E-state index contributed by atoms with van der Waals surface area (Å²) < 4.78 is 22.5. The van der Waals surface area contributed by atoms with Gasteiger partial charge in [0, 0.05) is 23.0 Å². The number of benzene rings is 2. The third-order valence-electron chi connectivity index (χ3n) is 5.96. The SMILES string of the molecule is Cc1cc(C(=O)Nc2cc(Nc3ncccc3-c3ncnc4c3N=IN4)ccc2F)cc(C(C)(C)C#N)c1. The third kappa shape index (κ3) is 5.08. The zero-order valence-electron chi connectivity index (χ0n) is 20.7. The Labute approximate surface area is 229 Å². The molecule has 0 radical (unpaired) electrons. The molecule has 190 valence electrons. The molecule has 0 saturated heterocycles. The normalized spacial score (nSPS) is 12.1. The molecule has 0 spiro atoms. The first-order valence-electron chi connectivity index (χ1n) is 11.6. The van der Waals surface area contributed by atoms with E-state index >= 15 is 0 Å². The van der Waals surface area contributed by atoms with Crippen LogP contribution in [0.25, 0.3) is 11.3 Å². The van der Waals surface area contributed by atoms with Crippen LogP contribution < -0.4 is 14.2 Å². The number of pyridine rings is 1. The van der Waals surface area contributed by atoms with Crippen molar-refractivity contribution in [1.29, 1.82) is 5.26 Å². The van der Waals surface area contributed by atoms with E-state index in [0.717, 1.165) is 5.56 Å². The summed E-state index contributed by atoms with van der Waals surface area (Å²) in [5.74, 6) is 0.131. The number of hydrogen-bond donors (Lipinski definition) is 3. The Morgan fingerprint density at radius 2 is 1.97 bits per heavy atom. The summed E-state index contributed by atoms with van der Waals surface area (Å²) in [5.41, 5.74) is 3.68. The molecule has 0 unspecified atom stereocenters. The number of aryl methyl sites for hydroxylation is 1. The van der Waals surface area contributed by atoms with Crippen molar-refractivity contribution in [1.82, 2.24) is 15.0 Å². The molecule has 3 heterocycles. The third-order valence-corrected chi connectivity index (χ3v) is 7.44. The molecule has 0 saturated carbocycles. The molecule has 0 aliphatic carbocycles. The zero-order valence-corrected chi connectivity index (χ0v) is 22.8. The average Bonchev–Trinajstić information content (AvgIpc) is 3.40. The first-order chi connectivity index (χ1) is 18.2. The second-order valence-corrected chi connectivity index (χ2v) is 10.7. The zero-order chi connectivity index (χ0) is 26.9. The minimum absolute atomic E-state index is 0.00644. The maximum absolute atomic E-state index is 14.7. The van der Waals surface area contributed by atoms with E-state index < -0.39 is 38.4 Å². The van der Waals surface area contributed by atoms with Crippen molar-refractivity contribution >= 4 is 55.9 Å². The highest BCUT2D eigenvalue weighted by molar-refractivity contribution is 14.2. The second-order valence-electron chi connectivity index (χ2n) is 9.18. The number of halogens is 2. The topological polar surface area (TPSA) is 128 Å². The predicted octanol–water partition coefficient (Wildman–Crippen LogP) is 6.91. The van der Waals surface area contributed by atoms with E-state index in [1.165, 1.54) is 18.5 Å². The van der Waals surface area contributed by atoms with Crippen LogP contribution in [0.2, 0.25) is 0 Å². The Bertz CT molecular complexity index is 1650. The van der Waals surface area contributed by atoms with Gasteiger partial charge in [0.1, 0.15) is 50.7 Å². The van der Waals surface area contributed by atoms with Crippen LogP contribution in [0.15, 0.2) is 64.2 Å². The number of fused-ring (bicyclic) bond motifs is 1. The Morgan fingerprint density at radius 3 is 2.79 bits per heavy atom. The number of amides is 1. The molecule has 1 aliphatic rings. The molecule has 1 amide bonds. The average molecular weight is 620 g/mol. The lowest BCUT2D eigenvalue weighted by Crippen LogP contribution is -2.18. The quantitative estimate of drug-likeness (QED) is 0.158. The first-order valence-corrected chi connectivity index (χ1v) is 13.6. The fourth-order valence-electron chi connectivity index (χ4n) is 3.89. The van der Waals surface area contributed by atoms with Gasteiger partial charge < -0.3 is 14.2 Å². The van der Waals surface area contributed by atoms with Crippen LogP contribution in [0.3, 0.4) is 0 Å². The van der Waals surface area contributed by atoms with E-state index in [-0.39, 0.29) is 5.69 Å². The van der Waals surface area contributed by atoms with E-state index in [1.54, 1.807) is 44.3 Å². The maximum atomic E-state index is 14.7. The van der Waals surface area contributed by atoms with Crippen LogP contribution in [0.5, 0.6) is 0 Å². The Balaban J connectivity index is 1.43. The van der Waals surface area contributed by atoms with Crippen molar-refractivity contribution in [3.05, 3.63) is 83.6 Å². The molecule has 2 aromatic carbocycles. The van der Waals surface area contributed by atoms with Crippen molar-refractivity contribution in [2.24, 2.45) is 3.15 Å². The molecule has 0 fully saturated rings. The fourth-order valence-corrected chi connectivity index (χ4v) is 5.34. The molecular weight excluding hydrogens is 598 g/mol. The largest absolute Gasteiger partial charge is 0.340 e. The minimum Gasteiger partial charge on any atom is -0.340 e. The fraction of sp³-hybridized carbons (Fsp3) is 0.148. The van der Waals surface area contributed by atoms with Crippen LogP contribution in [0.4, 0.5) is 33.1 Å². The van der Waals surface area contributed by atoms with Crippen molar-refractivity contribution in [3.8, 4) is 17.3 Å². The minimum atomic E-state index is -0.772. The molecule has 4 aromatic rings. The van der Waals surface area contributed by atoms with E-state index in [0.29, 0.717) is 45.4 Å². The van der Waals surface area contributed by atoms with Gasteiger partial charge in [0.25, 0.3) is 5.91 Å². The van der Waals surface area contributed by atoms with Crippen LogP contribution in [0, 0.1) is 24.1 Å². The predicted molar refractivity (Wildman–Crippen MR) is 152 cm³/mol.